The Balaban J connectivity index is 1.71. The minimum absolute atomic E-state index is 0.0446. The number of likely N-dealkylation sites (tertiary alicyclic amines) is 1. The first kappa shape index (κ1) is 58.5. The van der Waals surface area contributed by atoms with Gasteiger partial charge in [-0.05, 0) is 81.6 Å². The maximum atomic E-state index is 14.8. The third-order valence-electron chi connectivity index (χ3n) is 12.2. The van der Waals surface area contributed by atoms with Crippen molar-refractivity contribution in [1.29, 1.82) is 0 Å². The number of nitrogens with zero attached hydrogens (tertiary/aromatic N) is 3. The van der Waals surface area contributed by atoms with Crippen LogP contribution in [0.1, 0.15) is 127 Å². The van der Waals surface area contributed by atoms with E-state index in [9.17, 15) is 24.3 Å². The summed E-state index contributed by atoms with van der Waals surface area (Å²) < 4.78 is 22.6. The molecule has 1 fully saturated rings. The smallest absolute Gasteiger partial charge is 0.270 e. The van der Waals surface area contributed by atoms with Gasteiger partial charge in [-0.3, -0.25) is 34.3 Å². The zero-order valence-electron chi connectivity index (χ0n) is 42.1. The Morgan fingerprint density at radius 2 is 1.57 bits per heavy atom. The molecule has 19 heteroatoms. The molecule has 68 heavy (non-hydrogen) atoms. The maximum absolute atomic E-state index is 14.8. The Morgan fingerprint density at radius 3 is 2.19 bits per heavy atom. The van der Waals surface area contributed by atoms with E-state index in [1.165, 1.54) is 11.3 Å². The summed E-state index contributed by atoms with van der Waals surface area (Å²) in [7, 11) is 1.98. The number of likely N-dealkylation sites (N-methyl/N-ethyl adjacent to an activating group) is 1. The molecule has 1 aliphatic heterocycles. The Morgan fingerprint density at radius 1 is 0.897 bits per heavy atom. The van der Waals surface area contributed by atoms with E-state index < -0.39 is 30.0 Å². The number of carbonyl (C=O) groups excluding carboxylic acids is 4. The number of carbonyl (C=O) groups is 4. The molecule has 1 saturated heterocycles. The average Bonchev–Trinajstić information content (AvgIpc) is 3.82. The fourth-order valence-corrected chi connectivity index (χ4v) is 8.97. The molecular weight excluding hydrogens is 893 g/mol. The first-order valence-corrected chi connectivity index (χ1v) is 25.7. The first-order chi connectivity index (χ1) is 32.7. The number of hydrazine groups is 1. The first-order valence-electron chi connectivity index (χ1n) is 24.8. The molecule has 7 atom stereocenters. The third kappa shape index (κ3) is 20.7. The number of phenolic OH excluding ortho intramolecular Hbond substituents is 1. The fourth-order valence-electron chi connectivity index (χ4n) is 8.11. The summed E-state index contributed by atoms with van der Waals surface area (Å²) in [5.41, 5.74) is 11.5. The largest absolute Gasteiger partial charge is 0.508 e. The number of thiazole rings is 1. The monoisotopic (exact) mass is 977 g/mol. The Bertz CT molecular complexity index is 1740. The van der Waals surface area contributed by atoms with E-state index in [1.807, 2.05) is 32.7 Å². The highest BCUT2D eigenvalue weighted by Crippen LogP contribution is 2.32. The van der Waals surface area contributed by atoms with Crippen LogP contribution in [0.4, 0.5) is 0 Å². The van der Waals surface area contributed by atoms with Gasteiger partial charge >= 0.3 is 0 Å². The summed E-state index contributed by atoms with van der Waals surface area (Å²) in [5, 5.41) is 18.6. The lowest BCUT2D eigenvalue weighted by atomic mass is 9.92. The number of aromatic hydroxyl groups is 1. The van der Waals surface area contributed by atoms with Crippen LogP contribution in [0.3, 0.4) is 0 Å². The van der Waals surface area contributed by atoms with Crippen molar-refractivity contribution < 1.29 is 48.1 Å². The van der Waals surface area contributed by atoms with Crippen LogP contribution in [-0.2, 0) is 44.6 Å². The second kappa shape index (κ2) is 32.9. The summed E-state index contributed by atoms with van der Waals surface area (Å²) in [6.45, 7) is 19.1. The third-order valence-corrected chi connectivity index (χ3v) is 13.1. The molecule has 0 saturated carbocycles. The van der Waals surface area contributed by atoms with Crippen LogP contribution in [0, 0.1) is 17.8 Å². The molecule has 1 aromatic carbocycles. The summed E-state index contributed by atoms with van der Waals surface area (Å²) in [4.78, 5) is 69.8. The summed E-state index contributed by atoms with van der Waals surface area (Å²) in [6, 6.07) is 5.08. The van der Waals surface area contributed by atoms with Crippen LogP contribution in [0.5, 0.6) is 5.75 Å². The standard InChI is InChI=1S/C49H84N8O10S/c1-9-20-57(49(62)44(35(6)11-3)53-47(61)41-14-12-13-21-56(41)8)42(34(4)5)32-43(66-22-10-2)48-52-40(33-68-48)46(60)51-38(31-37-15-17-39(58)18-16-37)30-36(7)45(59)54-55-67-29-28-65-27-26-64-25-24-63-23-19-50/h15-18,33-36,38,41-44,55,58H,9-14,19-32,50H2,1-8H3,(H,51,60)(H,53,61)(H,54,59)/t35-,36-,38?,41+,42?,43?,44-/m0/s1. The number of piperidine rings is 1. The Hall–Kier alpha value is -3.79. The van der Waals surface area contributed by atoms with E-state index in [2.05, 4.69) is 47.3 Å². The van der Waals surface area contributed by atoms with Gasteiger partial charge < -0.3 is 45.3 Å². The highest BCUT2D eigenvalue weighted by Gasteiger charge is 2.38. The van der Waals surface area contributed by atoms with E-state index in [4.69, 9.17) is 34.5 Å². The molecule has 0 radical (unpaired) electrons. The molecule has 1 aromatic heterocycles. The summed E-state index contributed by atoms with van der Waals surface area (Å²) in [6.07, 6.45) is 5.67. The van der Waals surface area contributed by atoms with Gasteiger partial charge in [0.05, 0.1) is 52.3 Å². The number of hydrogen-bond donors (Lipinski definition) is 6. The summed E-state index contributed by atoms with van der Waals surface area (Å²) >= 11 is 1.34. The van der Waals surface area contributed by atoms with Crippen molar-refractivity contribution in [1.82, 2.24) is 36.4 Å². The van der Waals surface area contributed by atoms with Crippen LogP contribution in [0.2, 0.25) is 0 Å². The van der Waals surface area contributed by atoms with Crippen molar-refractivity contribution in [3.05, 3.63) is 45.9 Å². The van der Waals surface area contributed by atoms with Gasteiger partial charge in [0.15, 0.2) is 0 Å². The number of phenols is 1. The lowest BCUT2D eigenvalue weighted by Crippen LogP contribution is -2.58. The number of rotatable bonds is 35. The molecule has 4 amide bonds. The molecule has 3 rings (SSSR count). The van der Waals surface area contributed by atoms with Crippen LogP contribution in [0.15, 0.2) is 29.6 Å². The van der Waals surface area contributed by atoms with Crippen molar-refractivity contribution in [3.63, 3.8) is 0 Å². The molecule has 1 aliphatic rings. The molecule has 2 heterocycles. The molecule has 0 aliphatic carbocycles. The minimum atomic E-state index is -0.672. The van der Waals surface area contributed by atoms with E-state index in [0.29, 0.717) is 70.6 Å². The molecule has 386 valence electrons. The van der Waals surface area contributed by atoms with Crippen LogP contribution in [-0.4, -0.2) is 147 Å². The van der Waals surface area contributed by atoms with Gasteiger partial charge in [-0.2, -0.15) is 0 Å². The Kier molecular flexibility index (Phi) is 28.3. The maximum Gasteiger partial charge on any atom is 0.270 e. The zero-order valence-corrected chi connectivity index (χ0v) is 42.9. The molecule has 3 unspecified atom stereocenters. The normalized spacial score (nSPS) is 16.9. The molecule has 0 bridgehead atoms. The molecule has 7 N–H and O–H groups in total. The van der Waals surface area contributed by atoms with Crippen molar-refractivity contribution in [2.24, 2.45) is 23.5 Å². The molecule has 0 spiro atoms. The van der Waals surface area contributed by atoms with E-state index in [0.717, 1.165) is 50.6 Å². The highest BCUT2D eigenvalue weighted by atomic mass is 32.1. The zero-order chi connectivity index (χ0) is 49.8. The number of ether oxygens (including phenoxy) is 4. The average molecular weight is 977 g/mol. The van der Waals surface area contributed by atoms with E-state index in [-0.39, 0.29) is 72.7 Å². The van der Waals surface area contributed by atoms with Crippen molar-refractivity contribution in [3.8, 4) is 5.75 Å². The van der Waals surface area contributed by atoms with Crippen LogP contribution in [0.25, 0.3) is 0 Å². The van der Waals surface area contributed by atoms with Gasteiger partial charge in [-0.1, -0.05) is 73.4 Å². The number of nitrogens with one attached hydrogen (secondary N) is 4. The second-order valence-corrected chi connectivity index (χ2v) is 19.0. The van der Waals surface area contributed by atoms with Gasteiger partial charge in [-0.25, -0.2) is 4.98 Å². The van der Waals surface area contributed by atoms with Crippen LogP contribution >= 0.6 is 11.3 Å². The quantitative estimate of drug-likeness (QED) is 0.0399. The van der Waals surface area contributed by atoms with Crippen molar-refractivity contribution in [2.45, 2.75) is 137 Å². The predicted molar refractivity (Wildman–Crippen MR) is 264 cm³/mol. The van der Waals surface area contributed by atoms with Gasteiger partial charge in [0, 0.05) is 49.5 Å². The van der Waals surface area contributed by atoms with E-state index >= 15 is 0 Å². The Labute approximate surface area is 409 Å². The van der Waals surface area contributed by atoms with Gasteiger partial charge in [-0.15, -0.1) is 16.9 Å². The minimum Gasteiger partial charge on any atom is -0.508 e. The van der Waals surface area contributed by atoms with Gasteiger partial charge in [0.25, 0.3) is 5.91 Å². The fraction of sp³-hybridized carbons (Fsp3) is 0.735. The molecule has 2 aromatic rings. The molecule has 18 nitrogen and oxygen atoms in total. The van der Waals surface area contributed by atoms with Gasteiger partial charge in [0.2, 0.25) is 17.7 Å². The lowest BCUT2D eigenvalue weighted by molar-refractivity contribution is -0.143. The highest BCUT2D eigenvalue weighted by molar-refractivity contribution is 7.09. The van der Waals surface area contributed by atoms with Crippen LogP contribution < -0.4 is 27.4 Å². The topological polar surface area (TPSA) is 228 Å². The number of hydrogen-bond acceptors (Lipinski definition) is 15. The number of amides is 4. The van der Waals surface area contributed by atoms with Crippen molar-refractivity contribution >= 4 is 35.0 Å². The number of aromatic nitrogens is 1. The lowest BCUT2D eigenvalue weighted by Gasteiger charge is -2.40. The molecular formula is C49H84N8O10S. The SMILES string of the molecule is CCCOC(CC(C(C)C)N(CCC)C(=O)[C@@H](NC(=O)[C@H]1CCCCN1C)[C@@H](C)CC)c1nc(C(=O)NC(Cc2ccc(O)cc2)C[C@H](C)C(=O)NNOCCOCCOCCOCCN)cs1. The predicted octanol–water partition coefficient (Wildman–Crippen LogP) is 4.91. The van der Waals surface area contributed by atoms with Gasteiger partial charge in [0.1, 0.15) is 28.6 Å². The number of benzene rings is 1. The van der Waals surface area contributed by atoms with E-state index in [1.54, 1.807) is 36.6 Å². The summed E-state index contributed by atoms with van der Waals surface area (Å²) in [5.74, 6) is -1.37. The second-order valence-electron chi connectivity index (χ2n) is 18.1. The number of nitrogens with two attached hydrogens (primary N) is 1. The van der Waals surface area contributed by atoms with Crippen molar-refractivity contribution in [2.75, 3.05) is 79.5 Å².